The predicted octanol–water partition coefficient (Wildman–Crippen LogP) is 3.82. The number of unbranched alkanes of at least 4 members (excludes halogenated alkanes) is 1. The minimum Gasteiger partial charge on any atom is -0.405 e. The maximum Gasteiger partial charge on any atom is 0.573 e. The van der Waals surface area contributed by atoms with Gasteiger partial charge in [-0.2, -0.15) is 11.8 Å². The number of benzene rings is 1. The molecule has 0 unspecified atom stereocenters. The molecule has 0 bridgehead atoms. The number of nitrogens with one attached hydrogen (secondary N) is 1. The summed E-state index contributed by atoms with van der Waals surface area (Å²) in [6, 6.07) is 6.20. The molecule has 0 aliphatic rings. The van der Waals surface area contributed by atoms with Crippen LogP contribution in [0.5, 0.6) is 5.75 Å². The van der Waals surface area contributed by atoms with E-state index in [2.05, 4.69) is 16.3 Å². The first-order valence-electron chi connectivity index (χ1n) is 6.06. The van der Waals surface area contributed by atoms with Gasteiger partial charge < -0.3 is 10.1 Å². The van der Waals surface area contributed by atoms with Crippen LogP contribution in [0.25, 0.3) is 0 Å². The van der Waals surface area contributed by atoms with Gasteiger partial charge in [-0.15, -0.1) is 13.2 Å². The second-order valence-electron chi connectivity index (χ2n) is 4.03. The molecule has 0 aliphatic carbocycles. The van der Waals surface area contributed by atoms with Crippen LogP contribution in [0.2, 0.25) is 0 Å². The van der Waals surface area contributed by atoms with Crippen LogP contribution in [0.4, 0.5) is 13.2 Å². The molecular formula is C13H18F3NOS. The second-order valence-corrected chi connectivity index (χ2v) is 5.02. The molecule has 19 heavy (non-hydrogen) atoms. The number of rotatable bonds is 8. The van der Waals surface area contributed by atoms with Crippen LogP contribution in [0.15, 0.2) is 24.3 Å². The van der Waals surface area contributed by atoms with Crippen molar-refractivity contribution in [3.8, 4) is 5.75 Å². The van der Waals surface area contributed by atoms with E-state index in [0.717, 1.165) is 25.1 Å². The molecule has 0 heterocycles. The Bertz CT molecular complexity index is 371. The summed E-state index contributed by atoms with van der Waals surface area (Å²) < 4.78 is 40.6. The fraction of sp³-hybridized carbons (Fsp3) is 0.538. The van der Waals surface area contributed by atoms with Gasteiger partial charge in [0.05, 0.1) is 0 Å². The average molecular weight is 293 g/mol. The highest BCUT2D eigenvalue weighted by Gasteiger charge is 2.31. The van der Waals surface area contributed by atoms with E-state index in [-0.39, 0.29) is 5.75 Å². The maximum absolute atomic E-state index is 12.2. The molecular weight excluding hydrogens is 275 g/mol. The van der Waals surface area contributed by atoms with E-state index in [0.29, 0.717) is 12.1 Å². The Balaban J connectivity index is 2.40. The van der Waals surface area contributed by atoms with Gasteiger partial charge in [-0.05, 0) is 37.5 Å². The molecule has 1 aromatic carbocycles. The van der Waals surface area contributed by atoms with Gasteiger partial charge in [0.2, 0.25) is 0 Å². The monoisotopic (exact) mass is 293 g/mol. The normalized spacial score (nSPS) is 11.6. The molecule has 0 aromatic heterocycles. The van der Waals surface area contributed by atoms with E-state index in [1.54, 1.807) is 23.9 Å². The number of hydrogen-bond donors (Lipinski definition) is 1. The van der Waals surface area contributed by atoms with Crippen molar-refractivity contribution in [2.45, 2.75) is 25.7 Å². The number of thioether (sulfide) groups is 1. The Morgan fingerprint density at radius 2 is 1.95 bits per heavy atom. The Morgan fingerprint density at radius 3 is 2.63 bits per heavy atom. The van der Waals surface area contributed by atoms with Crippen LogP contribution in [0, 0.1) is 0 Å². The lowest BCUT2D eigenvalue weighted by molar-refractivity contribution is -0.274. The average Bonchev–Trinajstić information content (AvgIpc) is 2.33. The molecule has 0 fully saturated rings. The zero-order valence-electron chi connectivity index (χ0n) is 10.8. The molecule has 1 N–H and O–H groups in total. The van der Waals surface area contributed by atoms with Gasteiger partial charge in [-0.1, -0.05) is 18.2 Å². The molecule has 1 rings (SSSR count). The molecule has 0 spiro atoms. The van der Waals surface area contributed by atoms with Crippen LogP contribution in [-0.4, -0.2) is 24.9 Å². The van der Waals surface area contributed by atoms with E-state index in [4.69, 9.17) is 0 Å². The highest BCUT2D eigenvalue weighted by Crippen LogP contribution is 2.25. The first-order chi connectivity index (χ1) is 9.03. The molecule has 0 saturated heterocycles. The van der Waals surface area contributed by atoms with Crippen molar-refractivity contribution in [3.05, 3.63) is 29.8 Å². The van der Waals surface area contributed by atoms with E-state index >= 15 is 0 Å². The Hall–Kier alpha value is -0.880. The Labute approximate surface area is 115 Å². The van der Waals surface area contributed by atoms with Crippen LogP contribution in [-0.2, 0) is 6.54 Å². The van der Waals surface area contributed by atoms with Crippen LogP contribution < -0.4 is 10.1 Å². The standard InChI is InChI=1S/C13H18F3NOS/c1-19-9-5-4-8-17-10-11-6-2-3-7-12(11)18-13(14,15)16/h2-3,6-7,17H,4-5,8-10H2,1H3. The molecule has 6 heteroatoms. The van der Waals surface area contributed by atoms with Gasteiger partial charge in [0.1, 0.15) is 5.75 Å². The molecule has 2 nitrogen and oxygen atoms in total. The smallest absolute Gasteiger partial charge is 0.405 e. The lowest BCUT2D eigenvalue weighted by Gasteiger charge is -2.13. The minimum atomic E-state index is -4.64. The van der Waals surface area contributed by atoms with Crippen molar-refractivity contribution < 1.29 is 17.9 Å². The van der Waals surface area contributed by atoms with Gasteiger partial charge in [-0.25, -0.2) is 0 Å². The first kappa shape index (κ1) is 16.2. The zero-order chi connectivity index (χ0) is 14.1. The summed E-state index contributed by atoms with van der Waals surface area (Å²) in [5, 5.41) is 3.13. The zero-order valence-corrected chi connectivity index (χ0v) is 11.6. The highest BCUT2D eigenvalue weighted by atomic mass is 32.2. The number of halogens is 3. The SMILES string of the molecule is CSCCCCNCc1ccccc1OC(F)(F)F. The molecule has 0 aliphatic heterocycles. The van der Waals surface area contributed by atoms with Crippen LogP contribution in [0.3, 0.4) is 0 Å². The molecule has 0 atom stereocenters. The molecule has 108 valence electrons. The summed E-state index contributed by atoms with van der Waals surface area (Å²) in [5.41, 5.74) is 0.518. The van der Waals surface area contributed by atoms with E-state index in [1.165, 1.54) is 12.1 Å². The number of para-hydroxylation sites is 1. The van der Waals surface area contributed by atoms with E-state index in [1.807, 2.05) is 0 Å². The van der Waals surface area contributed by atoms with E-state index in [9.17, 15) is 13.2 Å². The fourth-order valence-corrected chi connectivity index (χ4v) is 2.09. The van der Waals surface area contributed by atoms with E-state index < -0.39 is 6.36 Å². The van der Waals surface area contributed by atoms with Gasteiger partial charge in [0.15, 0.2) is 0 Å². The third kappa shape index (κ3) is 7.32. The lowest BCUT2D eigenvalue weighted by atomic mass is 10.2. The molecule has 0 saturated carbocycles. The highest BCUT2D eigenvalue weighted by molar-refractivity contribution is 7.98. The molecule has 0 amide bonds. The predicted molar refractivity (Wildman–Crippen MR) is 72.4 cm³/mol. The third-order valence-electron chi connectivity index (χ3n) is 2.47. The van der Waals surface area contributed by atoms with Crippen molar-refractivity contribution in [3.63, 3.8) is 0 Å². The number of ether oxygens (including phenoxy) is 1. The van der Waals surface area contributed by atoms with Gasteiger partial charge in [0.25, 0.3) is 0 Å². The van der Waals surface area contributed by atoms with Crippen molar-refractivity contribution in [2.75, 3.05) is 18.6 Å². The lowest BCUT2D eigenvalue weighted by Crippen LogP contribution is -2.20. The summed E-state index contributed by atoms with van der Waals surface area (Å²) in [4.78, 5) is 0. The summed E-state index contributed by atoms with van der Waals surface area (Å²) in [6.45, 7) is 1.17. The summed E-state index contributed by atoms with van der Waals surface area (Å²) >= 11 is 1.79. The summed E-state index contributed by atoms with van der Waals surface area (Å²) in [6.07, 6.45) is -0.468. The third-order valence-corrected chi connectivity index (χ3v) is 3.16. The number of hydrogen-bond acceptors (Lipinski definition) is 3. The van der Waals surface area contributed by atoms with Gasteiger partial charge >= 0.3 is 6.36 Å². The van der Waals surface area contributed by atoms with Crippen LogP contribution in [0.1, 0.15) is 18.4 Å². The van der Waals surface area contributed by atoms with Crippen LogP contribution >= 0.6 is 11.8 Å². The first-order valence-corrected chi connectivity index (χ1v) is 7.45. The molecule has 1 aromatic rings. The largest absolute Gasteiger partial charge is 0.573 e. The molecule has 0 radical (unpaired) electrons. The number of alkyl halides is 3. The Morgan fingerprint density at radius 1 is 1.21 bits per heavy atom. The van der Waals surface area contributed by atoms with Crippen molar-refractivity contribution >= 4 is 11.8 Å². The van der Waals surface area contributed by atoms with Crippen molar-refractivity contribution in [1.29, 1.82) is 0 Å². The van der Waals surface area contributed by atoms with Crippen molar-refractivity contribution in [2.24, 2.45) is 0 Å². The minimum absolute atomic E-state index is 0.133. The van der Waals surface area contributed by atoms with Crippen molar-refractivity contribution in [1.82, 2.24) is 5.32 Å². The Kier molecular flexibility index (Phi) is 7.09. The maximum atomic E-state index is 12.2. The van der Waals surface area contributed by atoms with Gasteiger partial charge in [0, 0.05) is 12.1 Å². The quantitative estimate of drug-likeness (QED) is 0.736. The van der Waals surface area contributed by atoms with Gasteiger partial charge in [-0.3, -0.25) is 0 Å². The topological polar surface area (TPSA) is 21.3 Å². The summed E-state index contributed by atoms with van der Waals surface area (Å²) in [5.74, 6) is 0.974. The second kappa shape index (κ2) is 8.32. The summed E-state index contributed by atoms with van der Waals surface area (Å²) in [7, 11) is 0. The fourth-order valence-electron chi connectivity index (χ4n) is 1.59.